The van der Waals surface area contributed by atoms with Gasteiger partial charge in [-0.1, -0.05) is 12.1 Å². The highest BCUT2D eigenvalue weighted by Crippen LogP contribution is 2.33. The highest BCUT2D eigenvalue weighted by atomic mass is 19.1. The number of amides is 1. The largest absolute Gasteiger partial charge is 0.391 e. The Balaban J connectivity index is 1.68. The number of halogens is 1. The van der Waals surface area contributed by atoms with E-state index in [0.717, 1.165) is 0 Å². The normalized spacial score (nSPS) is 20.7. The third kappa shape index (κ3) is 2.52. The Kier molecular flexibility index (Phi) is 3.50. The molecule has 1 aromatic heterocycles. The number of carbonyl (C=O) groups is 1. The van der Waals surface area contributed by atoms with Gasteiger partial charge in [-0.15, -0.1) is 0 Å². The van der Waals surface area contributed by atoms with E-state index in [-0.39, 0.29) is 24.3 Å². The molecule has 24 heavy (non-hydrogen) atoms. The van der Waals surface area contributed by atoms with Crippen molar-refractivity contribution >= 4 is 16.9 Å². The Morgan fingerprint density at radius 2 is 2.04 bits per heavy atom. The smallest absolute Gasteiger partial charge is 0.254 e. The van der Waals surface area contributed by atoms with Crippen LogP contribution < -0.4 is 0 Å². The van der Waals surface area contributed by atoms with Gasteiger partial charge in [0.2, 0.25) is 0 Å². The lowest BCUT2D eigenvalue weighted by atomic mass is 10.0. The van der Waals surface area contributed by atoms with Crippen molar-refractivity contribution in [3.63, 3.8) is 0 Å². The summed E-state index contributed by atoms with van der Waals surface area (Å²) in [5.74, 6) is -0.573. The summed E-state index contributed by atoms with van der Waals surface area (Å²) >= 11 is 0. The predicted octanol–water partition coefficient (Wildman–Crippen LogP) is 2.05. The number of hydrogen-bond acceptors (Lipinski definition) is 4. The molecule has 1 aliphatic rings. The zero-order valence-corrected chi connectivity index (χ0v) is 12.7. The van der Waals surface area contributed by atoms with E-state index in [1.165, 1.54) is 12.1 Å². The minimum atomic E-state index is -0.627. The van der Waals surface area contributed by atoms with Crippen molar-refractivity contribution in [3.05, 3.63) is 59.4 Å². The summed E-state index contributed by atoms with van der Waals surface area (Å²) in [4.78, 5) is 14.5. The molecule has 122 valence electrons. The van der Waals surface area contributed by atoms with E-state index in [1.54, 1.807) is 35.2 Å². The van der Waals surface area contributed by atoms with E-state index in [2.05, 4.69) is 15.4 Å². The van der Waals surface area contributed by atoms with Gasteiger partial charge in [0.1, 0.15) is 16.9 Å². The third-order valence-electron chi connectivity index (χ3n) is 4.34. The molecule has 2 atom stereocenters. The van der Waals surface area contributed by atoms with E-state index in [1.807, 2.05) is 0 Å². The molecular weight excluding hydrogens is 311 g/mol. The van der Waals surface area contributed by atoms with E-state index < -0.39 is 6.10 Å². The first-order valence-corrected chi connectivity index (χ1v) is 7.67. The molecule has 4 rings (SSSR count). The van der Waals surface area contributed by atoms with Crippen LogP contribution in [0.4, 0.5) is 4.39 Å². The molecule has 0 aliphatic carbocycles. The average Bonchev–Trinajstić information content (AvgIpc) is 3.19. The lowest BCUT2D eigenvalue weighted by Gasteiger charge is -2.25. The van der Waals surface area contributed by atoms with Crippen LogP contribution in [-0.4, -0.2) is 44.0 Å². The van der Waals surface area contributed by atoms with Crippen LogP contribution in [-0.2, 0) is 0 Å². The van der Waals surface area contributed by atoms with Gasteiger partial charge in [0.15, 0.2) is 0 Å². The van der Waals surface area contributed by atoms with Gasteiger partial charge in [-0.05, 0) is 42.3 Å². The molecule has 3 aromatic rings. The second-order valence-corrected chi connectivity index (χ2v) is 5.94. The molecule has 0 radical (unpaired) electrons. The van der Waals surface area contributed by atoms with Gasteiger partial charge in [-0.25, -0.2) is 4.39 Å². The van der Waals surface area contributed by atoms with Crippen LogP contribution in [0.2, 0.25) is 0 Å². The van der Waals surface area contributed by atoms with Crippen LogP contribution >= 0.6 is 0 Å². The van der Waals surface area contributed by atoms with Crippen molar-refractivity contribution in [2.75, 3.05) is 6.54 Å². The quantitative estimate of drug-likeness (QED) is 0.755. The summed E-state index contributed by atoms with van der Waals surface area (Å²) in [5, 5.41) is 20.5. The SMILES string of the molecule is O=C(c1ccc2n[nH]nc2c1)N1CC(O)CC1c1cccc(F)c1. The van der Waals surface area contributed by atoms with Gasteiger partial charge >= 0.3 is 0 Å². The molecule has 0 spiro atoms. The minimum Gasteiger partial charge on any atom is -0.391 e. The number of aliphatic hydroxyl groups excluding tert-OH is 1. The van der Waals surface area contributed by atoms with Gasteiger partial charge in [-0.2, -0.15) is 15.4 Å². The molecule has 1 aliphatic heterocycles. The van der Waals surface area contributed by atoms with E-state index in [0.29, 0.717) is 28.6 Å². The Hall–Kier alpha value is -2.80. The first-order chi connectivity index (χ1) is 11.6. The number of aliphatic hydroxyl groups is 1. The summed E-state index contributed by atoms with van der Waals surface area (Å²) in [5.41, 5.74) is 2.42. The number of fused-ring (bicyclic) bond motifs is 1. The molecule has 0 bridgehead atoms. The second-order valence-electron chi connectivity index (χ2n) is 5.94. The number of hydrogen-bond donors (Lipinski definition) is 2. The number of aromatic amines is 1. The average molecular weight is 326 g/mol. The Morgan fingerprint density at radius 3 is 2.88 bits per heavy atom. The van der Waals surface area contributed by atoms with Crippen molar-refractivity contribution in [3.8, 4) is 0 Å². The summed E-state index contributed by atoms with van der Waals surface area (Å²) in [6.07, 6.45) is -0.237. The molecule has 2 aromatic carbocycles. The topological polar surface area (TPSA) is 82.1 Å². The first-order valence-electron chi connectivity index (χ1n) is 7.67. The standard InChI is InChI=1S/C17H15FN4O2/c18-12-3-1-2-10(6-12)16-8-13(23)9-22(16)17(24)11-4-5-14-15(7-11)20-21-19-14/h1-7,13,16,23H,8-9H2,(H,19,20,21). The second kappa shape index (κ2) is 5.68. The zero-order valence-electron chi connectivity index (χ0n) is 12.7. The minimum absolute atomic E-state index is 0.217. The number of rotatable bonds is 2. The first kappa shape index (κ1) is 14.8. The molecule has 1 saturated heterocycles. The van der Waals surface area contributed by atoms with Crippen LogP contribution in [0, 0.1) is 5.82 Å². The molecule has 2 N–H and O–H groups in total. The lowest BCUT2D eigenvalue weighted by Crippen LogP contribution is -2.31. The van der Waals surface area contributed by atoms with Crippen LogP contribution in [0.15, 0.2) is 42.5 Å². The highest BCUT2D eigenvalue weighted by Gasteiger charge is 2.36. The van der Waals surface area contributed by atoms with Gasteiger partial charge in [0.05, 0.1) is 12.1 Å². The predicted molar refractivity (Wildman–Crippen MR) is 84.7 cm³/mol. The number of nitrogens with one attached hydrogen (secondary N) is 1. The van der Waals surface area contributed by atoms with Crippen LogP contribution in [0.25, 0.3) is 11.0 Å². The fraction of sp³-hybridized carbons (Fsp3) is 0.235. The maximum atomic E-state index is 13.5. The third-order valence-corrected chi connectivity index (χ3v) is 4.34. The molecule has 7 heteroatoms. The summed E-state index contributed by atoms with van der Waals surface area (Å²) < 4.78 is 13.5. The van der Waals surface area contributed by atoms with Crippen molar-refractivity contribution in [2.45, 2.75) is 18.6 Å². The van der Waals surface area contributed by atoms with E-state index >= 15 is 0 Å². The number of H-pyrrole nitrogens is 1. The van der Waals surface area contributed by atoms with E-state index in [4.69, 9.17) is 0 Å². The van der Waals surface area contributed by atoms with Gasteiger partial charge in [0, 0.05) is 12.1 Å². The van der Waals surface area contributed by atoms with Crippen molar-refractivity contribution in [1.82, 2.24) is 20.3 Å². The number of likely N-dealkylation sites (tertiary alicyclic amines) is 1. The molecule has 2 unspecified atom stereocenters. The van der Waals surface area contributed by atoms with Crippen molar-refractivity contribution in [2.24, 2.45) is 0 Å². The van der Waals surface area contributed by atoms with Crippen LogP contribution in [0.3, 0.4) is 0 Å². The van der Waals surface area contributed by atoms with Crippen molar-refractivity contribution < 1.29 is 14.3 Å². The number of carbonyl (C=O) groups excluding carboxylic acids is 1. The van der Waals surface area contributed by atoms with Crippen molar-refractivity contribution in [1.29, 1.82) is 0 Å². The number of benzene rings is 2. The molecular formula is C17H15FN4O2. The Bertz CT molecular complexity index is 910. The van der Waals surface area contributed by atoms with Crippen LogP contribution in [0.5, 0.6) is 0 Å². The van der Waals surface area contributed by atoms with Crippen LogP contribution in [0.1, 0.15) is 28.4 Å². The fourth-order valence-corrected chi connectivity index (χ4v) is 3.21. The maximum Gasteiger partial charge on any atom is 0.254 e. The summed E-state index contributed by atoms with van der Waals surface area (Å²) in [6.45, 7) is 0.219. The molecule has 2 heterocycles. The number of β-amino-alcohol motifs (C(OH)–C–C–N with tert-alkyl or cyclic N) is 1. The van der Waals surface area contributed by atoms with Gasteiger partial charge in [0.25, 0.3) is 5.91 Å². The molecule has 1 fully saturated rings. The molecule has 6 nitrogen and oxygen atoms in total. The monoisotopic (exact) mass is 326 g/mol. The highest BCUT2D eigenvalue weighted by molar-refractivity contribution is 5.97. The molecule has 1 amide bonds. The zero-order chi connectivity index (χ0) is 16.7. The lowest BCUT2D eigenvalue weighted by molar-refractivity contribution is 0.0715. The summed E-state index contributed by atoms with van der Waals surface area (Å²) in [7, 11) is 0. The van der Waals surface area contributed by atoms with E-state index in [9.17, 15) is 14.3 Å². The fourth-order valence-electron chi connectivity index (χ4n) is 3.21. The van der Waals surface area contributed by atoms with Gasteiger partial charge in [-0.3, -0.25) is 4.79 Å². The molecule has 0 saturated carbocycles. The Morgan fingerprint density at radius 1 is 1.21 bits per heavy atom. The summed E-state index contributed by atoms with van der Waals surface area (Å²) in [6, 6.07) is 10.9. The van der Waals surface area contributed by atoms with Gasteiger partial charge < -0.3 is 10.0 Å². The number of aromatic nitrogens is 3. The number of nitrogens with zero attached hydrogens (tertiary/aromatic N) is 3. The maximum absolute atomic E-state index is 13.5. The Labute approximate surface area is 136 Å².